The van der Waals surface area contributed by atoms with Crippen LogP contribution >= 0.6 is 0 Å². The zero-order chi connectivity index (χ0) is 16.2. The summed E-state index contributed by atoms with van der Waals surface area (Å²) in [5.74, 6) is 1.08. The molecule has 0 fully saturated rings. The number of benzene rings is 1. The third-order valence-corrected chi connectivity index (χ3v) is 3.42. The van der Waals surface area contributed by atoms with Crippen molar-refractivity contribution in [2.24, 2.45) is 0 Å². The van der Waals surface area contributed by atoms with Crippen LogP contribution in [0, 0.1) is 0 Å². The van der Waals surface area contributed by atoms with Gasteiger partial charge in [0.2, 0.25) is 6.54 Å². The van der Waals surface area contributed by atoms with Crippen molar-refractivity contribution in [1.29, 1.82) is 0 Å². The minimum absolute atomic E-state index is 0.0356. The smallest absolute Gasteiger partial charge is 0.290 e. The summed E-state index contributed by atoms with van der Waals surface area (Å²) in [5, 5.41) is 2.81. The lowest BCUT2D eigenvalue weighted by atomic mass is 10.2. The van der Waals surface area contributed by atoms with Gasteiger partial charge in [-0.1, -0.05) is 0 Å². The van der Waals surface area contributed by atoms with E-state index in [4.69, 9.17) is 9.47 Å². The summed E-state index contributed by atoms with van der Waals surface area (Å²) < 4.78 is 12.6. The number of hydrogen-bond acceptors (Lipinski definition) is 4. The highest BCUT2D eigenvalue weighted by atomic mass is 16.6. The number of ether oxygens (including phenoxy) is 2. The van der Waals surface area contributed by atoms with Gasteiger partial charge in [0, 0.05) is 17.8 Å². The number of carbonyl (C=O) groups is 2. The second kappa shape index (κ2) is 6.48. The Morgan fingerprint density at radius 2 is 1.96 bits per heavy atom. The van der Waals surface area contributed by atoms with Crippen LogP contribution in [-0.2, 0) is 11.3 Å². The average Bonchev–Trinajstić information content (AvgIpc) is 2.55. The molecule has 1 aromatic carbocycles. The second-order valence-electron chi connectivity index (χ2n) is 5.23. The standard InChI is InChI=1S/C17H16N2O4/c1-12(20)13-3-2-6-19(10-13)11-17(21)18-14-4-5-15-16(9-14)23-8-7-22-15/h2-6,9-10H,7-8,11H2,1H3/p+1. The Morgan fingerprint density at radius 1 is 1.17 bits per heavy atom. The molecule has 23 heavy (non-hydrogen) atoms. The van der Waals surface area contributed by atoms with Crippen LogP contribution in [0.15, 0.2) is 42.7 Å². The number of carbonyl (C=O) groups excluding carboxylic acids is 2. The predicted octanol–water partition coefficient (Wildman–Crippen LogP) is 1.59. The molecule has 0 unspecified atom stereocenters. The van der Waals surface area contributed by atoms with Crippen LogP contribution in [0.4, 0.5) is 5.69 Å². The maximum absolute atomic E-state index is 12.1. The van der Waals surface area contributed by atoms with Gasteiger partial charge in [-0.15, -0.1) is 0 Å². The van der Waals surface area contributed by atoms with Crippen molar-refractivity contribution >= 4 is 17.4 Å². The van der Waals surface area contributed by atoms with Crippen molar-refractivity contribution in [2.45, 2.75) is 13.5 Å². The number of hydrogen-bond donors (Lipinski definition) is 1. The summed E-state index contributed by atoms with van der Waals surface area (Å²) >= 11 is 0. The molecule has 0 aliphatic carbocycles. The molecular weight excluding hydrogens is 296 g/mol. The molecule has 1 amide bonds. The van der Waals surface area contributed by atoms with Gasteiger partial charge in [0.1, 0.15) is 13.2 Å². The molecule has 1 aliphatic rings. The van der Waals surface area contributed by atoms with Crippen LogP contribution in [0.2, 0.25) is 0 Å². The Bertz CT molecular complexity index is 758. The van der Waals surface area contributed by atoms with Crippen LogP contribution in [-0.4, -0.2) is 24.9 Å². The van der Waals surface area contributed by atoms with Crippen LogP contribution in [0.5, 0.6) is 11.5 Å². The summed E-state index contributed by atoms with van der Waals surface area (Å²) in [5.41, 5.74) is 1.21. The van der Waals surface area contributed by atoms with Gasteiger partial charge in [0.25, 0.3) is 5.91 Å². The van der Waals surface area contributed by atoms with Crippen molar-refractivity contribution in [3.05, 3.63) is 48.3 Å². The maximum Gasteiger partial charge on any atom is 0.290 e. The quantitative estimate of drug-likeness (QED) is 0.687. The van der Waals surface area contributed by atoms with Gasteiger partial charge in [-0.25, -0.2) is 0 Å². The molecule has 3 rings (SSSR count). The molecule has 2 aromatic rings. The first-order valence-electron chi connectivity index (χ1n) is 7.31. The largest absolute Gasteiger partial charge is 0.486 e. The van der Waals surface area contributed by atoms with Gasteiger partial charge in [-0.05, 0) is 25.1 Å². The molecule has 2 heterocycles. The van der Waals surface area contributed by atoms with E-state index in [1.807, 2.05) is 0 Å². The van der Waals surface area contributed by atoms with Crippen molar-refractivity contribution < 1.29 is 23.6 Å². The fraction of sp³-hybridized carbons (Fsp3) is 0.235. The van der Waals surface area contributed by atoms with Crippen LogP contribution in [0.1, 0.15) is 17.3 Å². The molecule has 0 atom stereocenters. The lowest BCUT2D eigenvalue weighted by Gasteiger charge is -2.18. The van der Waals surface area contributed by atoms with E-state index in [0.717, 1.165) is 0 Å². The van der Waals surface area contributed by atoms with Gasteiger partial charge in [-0.3, -0.25) is 9.59 Å². The summed E-state index contributed by atoms with van der Waals surface area (Å²) in [7, 11) is 0. The van der Waals surface area contributed by atoms with E-state index in [2.05, 4.69) is 5.32 Å². The minimum atomic E-state index is -0.188. The van der Waals surface area contributed by atoms with E-state index >= 15 is 0 Å². The van der Waals surface area contributed by atoms with Gasteiger partial charge in [0.15, 0.2) is 29.7 Å². The second-order valence-corrected chi connectivity index (χ2v) is 5.23. The summed E-state index contributed by atoms with van der Waals surface area (Å²) in [4.78, 5) is 23.5. The van der Waals surface area contributed by atoms with Crippen molar-refractivity contribution in [2.75, 3.05) is 18.5 Å². The number of nitrogens with one attached hydrogen (secondary N) is 1. The molecule has 0 radical (unpaired) electrons. The molecular formula is C17H17N2O4+. The summed E-state index contributed by atoms with van der Waals surface area (Å²) in [6.07, 6.45) is 3.40. The third-order valence-electron chi connectivity index (χ3n) is 3.42. The van der Waals surface area contributed by atoms with Gasteiger partial charge >= 0.3 is 0 Å². The SMILES string of the molecule is CC(=O)c1ccc[n+](CC(=O)Nc2ccc3c(c2)OCCO3)c1. The van der Waals surface area contributed by atoms with Crippen LogP contribution in [0.3, 0.4) is 0 Å². The molecule has 0 saturated carbocycles. The molecule has 0 bridgehead atoms. The van der Waals surface area contributed by atoms with Gasteiger partial charge in [-0.2, -0.15) is 4.57 Å². The van der Waals surface area contributed by atoms with Crippen molar-refractivity contribution in [1.82, 2.24) is 0 Å². The molecule has 0 spiro atoms. The zero-order valence-corrected chi connectivity index (χ0v) is 12.7. The van der Waals surface area contributed by atoms with Gasteiger partial charge < -0.3 is 14.8 Å². The van der Waals surface area contributed by atoms with E-state index in [9.17, 15) is 9.59 Å². The third kappa shape index (κ3) is 3.66. The monoisotopic (exact) mass is 313 g/mol. The maximum atomic E-state index is 12.1. The first-order chi connectivity index (χ1) is 11.1. The Balaban J connectivity index is 1.67. The fourth-order valence-electron chi connectivity index (χ4n) is 2.32. The highest BCUT2D eigenvalue weighted by Crippen LogP contribution is 2.32. The predicted molar refractivity (Wildman–Crippen MR) is 82.7 cm³/mol. The van der Waals surface area contributed by atoms with E-state index in [1.165, 1.54) is 6.92 Å². The molecule has 118 valence electrons. The van der Waals surface area contributed by atoms with Crippen molar-refractivity contribution in [3.63, 3.8) is 0 Å². The van der Waals surface area contributed by atoms with E-state index in [0.29, 0.717) is 36.0 Å². The Labute approximate surface area is 133 Å². The molecule has 6 heteroatoms. The molecule has 1 aliphatic heterocycles. The number of pyridine rings is 1. The first kappa shape index (κ1) is 15.0. The lowest BCUT2D eigenvalue weighted by molar-refractivity contribution is -0.684. The van der Waals surface area contributed by atoms with Crippen LogP contribution in [0.25, 0.3) is 0 Å². The summed E-state index contributed by atoms with van der Waals surface area (Å²) in [6, 6.07) is 8.74. The number of aromatic nitrogens is 1. The van der Waals surface area contributed by atoms with Crippen LogP contribution < -0.4 is 19.4 Å². The van der Waals surface area contributed by atoms with E-state index in [-0.39, 0.29) is 18.2 Å². The zero-order valence-electron chi connectivity index (χ0n) is 12.7. The number of Topliss-reactive ketones (excluding diaryl/α,β-unsaturated/α-hetero) is 1. The highest BCUT2D eigenvalue weighted by Gasteiger charge is 2.15. The topological polar surface area (TPSA) is 68.5 Å². The Hall–Kier alpha value is -2.89. The number of ketones is 1. The number of nitrogens with zero attached hydrogens (tertiary/aromatic N) is 1. The fourth-order valence-corrected chi connectivity index (χ4v) is 2.32. The van der Waals surface area contributed by atoms with Gasteiger partial charge in [0.05, 0.1) is 5.56 Å². The normalized spacial score (nSPS) is 12.6. The number of amides is 1. The Kier molecular flexibility index (Phi) is 4.23. The van der Waals surface area contributed by atoms with Crippen molar-refractivity contribution in [3.8, 4) is 11.5 Å². The first-order valence-corrected chi connectivity index (χ1v) is 7.31. The number of rotatable bonds is 4. The number of anilines is 1. The molecule has 1 aromatic heterocycles. The average molecular weight is 313 g/mol. The highest BCUT2D eigenvalue weighted by molar-refractivity contribution is 5.93. The molecule has 0 saturated heterocycles. The number of fused-ring (bicyclic) bond motifs is 1. The summed E-state index contributed by atoms with van der Waals surface area (Å²) in [6.45, 7) is 2.64. The molecule has 6 nitrogen and oxygen atoms in total. The minimum Gasteiger partial charge on any atom is -0.486 e. The lowest BCUT2D eigenvalue weighted by Crippen LogP contribution is -2.40. The Morgan fingerprint density at radius 3 is 2.74 bits per heavy atom. The van der Waals surface area contributed by atoms with E-state index < -0.39 is 0 Å². The molecule has 1 N–H and O–H groups in total. The van der Waals surface area contributed by atoms with E-state index in [1.54, 1.807) is 47.3 Å².